The maximum Gasteiger partial charge on any atom is 0.130 e. The maximum absolute atomic E-state index is 6.02. The molecule has 2 aromatic rings. The normalized spacial score (nSPS) is 17.1. The second-order valence-electron chi connectivity index (χ2n) is 5.03. The van der Waals surface area contributed by atoms with E-state index in [-0.39, 0.29) is 6.10 Å². The lowest BCUT2D eigenvalue weighted by atomic mass is 9.96. The van der Waals surface area contributed by atoms with Gasteiger partial charge in [-0.2, -0.15) is 0 Å². The highest BCUT2D eigenvalue weighted by Crippen LogP contribution is 2.39. The first-order chi connectivity index (χ1) is 9.31. The van der Waals surface area contributed by atoms with Crippen LogP contribution in [0.3, 0.4) is 0 Å². The average molecular weight is 253 g/mol. The van der Waals surface area contributed by atoms with E-state index in [1.165, 1.54) is 22.3 Å². The van der Waals surface area contributed by atoms with Gasteiger partial charge in [-0.1, -0.05) is 43.3 Å². The Balaban J connectivity index is 2.12. The lowest BCUT2D eigenvalue weighted by Gasteiger charge is -2.12. The molecule has 1 aliphatic heterocycles. The van der Waals surface area contributed by atoms with Crippen LogP contribution < -0.4 is 10.5 Å². The fourth-order valence-corrected chi connectivity index (χ4v) is 2.67. The molecule has 1 unspecified atom stereocenters. The minimum absolute atomic E-state index is 0.129. The summed E-state index contributed by atoms with van der Waals surface area (Å²) in [4.78, 5) is 0. The minimum Gasteiger partial charge on any atom is -0.488 e. The standard InChI is InChI=1S/C17H19NO/c1-2-12-8-14-10-15(11-18)19-17(14)16(9-12)13-6-4-3-5-7-13/h3-9,15H,2,10-11,18H2,1H3. The zero-order valence-corrected chi connectivity index (χ0v) is 11.2. The van der Waals surface area contributed by atoms with Gasteiger partial charge < -0.3 is 10.5 Å². The topological polar surface area (TPSA) is 35.2 Å². The summed E-state index contributed by atoms with van der Waals surface area (Å²) in [7, 11) is 0. The number of hydrogen-bond donors (Lipinski definition) is 1. The molecule has 98 valence electrons. The second-order valence-corrected chi connectivity index (χ2v) is 5.03. The molecule has 2 N–H and O–H groups in total. The third kappa shape index (κ3) is 2.24. The van der Waals surface area contributed by atoms with Crippen molar-refractivity contribution in [3.63, 3.8) is 0 Å². The lowest BCUT2D eigenvalue weighted by Crippen LogP contribution is -2.24. The molecule has 2 aromatic carbocycles. The van der Waals surface area contributed by atoms with Gasteiger partial charge in [-0.05, 0) is 29.2 Å². The molecular formula is C17H19NO. The van der Waals surface area contributed by atoms with E-state index in [4.69, 9.17) is 10.5 Å². The van der Waals surface area contributed by atoms with Crippen LogP contribution in [0, 0.1) is 0 Å². The van der Waals surface area contributed by atoms with Crippen LogP contribution in [0.25, 0.3) is 11.1 Å². The van der Waals surface area contributed by atoms with E-state index in [2.05, 4.69) is 43.3 Å². The van der Waals surface area contributed by atoms with Crippen LogP contribution in [0.1, 0.15) is 18.1 Å². The van der Waals surface area contributed by atoms with Gasteiger partial charge in [0, 0.05) is 18.5 Å². The number of nitrogens with two attached hydrogens (primary N) is 1. The molecule has 0 fully saturated rings. The van der Waals surface area contributed by atoms with Gasteiger partial charge in [0.05, 0.1) is 0 Å². The molecule has 2 heteroatoms. The van der Waals surface area contributed by atoms with Crippen molar-refractivity contribution in [3.8, 4) is 16.9 Å². The van der Waals surface area contributed by atoms with Gasteiger partial charge in [-0.25, -0.2) is 0 Å². The third-order valence-electron chi connectivity index (χ3n) is 3.71. The summed E-state index contributed by atoms with van der Waals surface area (Å²) >= 11 is 0. The van der Waals surface area contributed by atoms with Gasteiger partial charge in [0.2, 0.25) is 0 Å². The number of fused-ring (bicyclic) bond motifs is 1. The van der Waals surface area contributed by atoms with Crippen LogP contribution in [0.4, 0.5) is 0 Å². The van der Waals surface area contributed by atoms with Crippen LogP contribution in [-0.2, 0) is 12.8 Å². The zero-order chi connectivity index (χ0) is 13.2. The van der Waals surface area contributed by atoms with Crippen LogP contribution in [0.15, 0.2) is 42.5 Å². The Hall–Kier alpha value is -1.80. The first kappa shape index (κ1) is 12.2. The molecule has 0 spiro atoms. The van der Waals surface area contributed by atoms with Gasteiger partial charge in [0.1, 0.15) is 11.9 Å². The predicted octanol–water partition coefficient (Wildman–Crippen LogP) is 3.18. The quantitative estimate of drug-likeness (QED) is 0.911. The van der Waals surface area contributed by atoms with Crippen molar-refractivity contribution in [1.82, 2.24) is 0 Å². The first-order valence-corrected chi connectivity index (χ1v) is 6.89. The fourth-order valence-electron chi connectivity index (χ4n) is 2.67. The molecule has 0 radical (unpaired) electrons. The van der Waals surface area contributed by atoms with E-state index in [9.17, 15) is 0 Å². The molecule has 1 heterocycles. The smallest absolute Gasteiger partial charge is 0.130 e. The van der Waals surface area contributed by atoms with Gasteiger partial charge in [0.25, 0.3) is 0 Å². The number of benzene rings is 2. The molecule has 1 aliphatic rings. The number of aryl methyl sites for hydroxylation is 1. The number of rotatable bonds is 3. The van der Waals surface area contributed by atoms with Crippen molar-refractivity contribution in [3.05, 3.63) is 53.6 Å². The Morgan fingerprint density at radius 2 is 2.00 bits per heavy atom. The van der Waals surface area contributed by atoms with E-state index >= 15 is 0 Å². The van der Waals surface area contributed by atoms with E-state index < -0.39 is 0 Å². The van der Waals surface area contributed by atoms with Gasteiger partial charge >= 0.3 is 0 Å². The van der Waals surface area contributed by atoms with Gasteiger partial charge in [-0.3, -0.25) is 0 Å². The summed E-state index contributed by atoms with van der Waals surface area (Å²) in [6, 6.07) is 14.9. The minimum atomic E-state index is 0.129. The number of ether oxygens (including phenoxy) is 1. The van der Waals surface area contributed by atoms with E-state index in [0.29, 0.717) is 6.54 Å². The Morgan fingerprint density at radius 1 is 1.21 bits per heavy atom. The van der Waals surface area contributed by atoms with Crippen molar-refractivity contribution < 1.29 is 4.74 Å². The van der Waals surface area contributed by atoms with Crippen LogP contribution >= 0.6 is 0 Å². The summed E-state index contributed by atoms with van der Waals surface area (Å²) in [5.41, 5.74) is 10.8. The Morgan fingerprint density at radius 3 is 2.68 bits per heavy atom. The summed E-state index contributed by atoms with van der Waals surface area (Å²) < 4.78 is 6.02. The predicted molar refractivity (Wildman–Crippen MR) is 78.4 cm³/mol. The fraction of sp³-hybridized carbons (Fsp3) is 0.294. The molecule has 1 atom stereocenters. The van der Waals surface area contributed by atoms with Crippen molar-refractivity contribution in [2.75, 3.05) is 6.54 Å². The molecule has 0 aliphatic carbocycles. The molecule has 19 heavy (non-hydrogen) atoms. The molecule has 0 saturated carbocycles. The van der Waals surface area contributed by atoms with E-state index in [0.717, 1.165) is 18.6 Å². The average Bonchev–Trinajstić information content (AvgIpc) is 2.90. The molecule has 0 bridgehead atoms. The van der Waals surface area contributed by atoms with Crippen molar-refractivity contribution in [2.24, 2.45) is 5.73 Å². The Labute approximate surface area is 114 Å². The Bertz CT molecular complexity index is 577. The van der Waals surface area contributed by atoms with Gasteiger partial charge in [-0.15, -0.1) is 0 Å². The van der Waals surface area contributed by atoms with Crippen LogP contribution in [0.2, 0.25) is 0 Å². The first-order valence-electron chi connectivity index (χ1n) is 6.89. The Kier molecular flexibility index (Phi) is 3.26. The highest BCUT2D eigenvalue weighted by molar-refractivity contribution is 5.74. The maximum atomic E-state index is 6.02. The lowest BCUT2D eigenvalue weighted by molar-refractivity contribution is 0.242. The monoisotopic (exact) mass is 253 g/mol. The summed E-state index contributed by atoms with van der Waals surface area (Å²) in [5, 5.41) is 0. The van der Waals surface area contributed by atoms with Crippen LogP contribution in [0.5, 0.6) is 5.75 Å². The summed E-state index contributed by atoms with van der Waals surface area (Å²) in [6.45, 7) is 2.76. The van der Waals surface area contributed by atoms with Crippen LogP contribution in [-0.4, -0.2) is 12.6 Å². The summed E-state index contributed by atoms with van der Waals surface area (Å²) in [6.07, 6.45) is 2.10. The molecule has 2 nitrogen and oxygen atoms in total. The second kappa shape index (κ2) is 5.06. The molecule has 0 aromatic heterocycles. The van der Waals surface area contributed by atoms with Gasteiger partial charge in [0.15, 0.2) is 0 Å². The molecule has 3 rings (SSSR count). The van der Waals surface area contributed by atoms with Crippen molar-refractivity contribution >= 4 is 0 Å². The zero-order valence-electron chi connectivity index (χ0n) is 11.2. The number of hydrogen-bond acceptors (Lipinski definition) is 2. The van der Waals surface area contributed by atoms with Crippen molar-refractivity contribution in [2.45, 2.75) is 25.9 Å². The largest absolute Gasteiger partial charge is 0.488 e. The molecule has 0 saturated heterocycles. The van der Waals surface area contributed by atoms with Crippen molar-refractivity contribution in [1.29, 1.82) is 0 Å². The third-order valence-corrected chi connectivity index (χ3v) is 3.71. The molecular weight excluding hydrogens is 234 g/mol. The van der Waals surface area contributed by atoms with E-state index in [1.54, 1.807) is 0 Å². The highest BCUT2D eigenvalue weighted by atomic mass is 16.5. The summed E-state index contributed by atoms with van der Waals surface area (Å²) in [5.74, 6) is 1.03. The highest BCUT2D eigenvalue weighted by Gasteiger charge is 2.25. The SMILES string of the molecule is CCc1cc2c(c(-c3ccccc3)c1)OC(CN)C2. The van der Waals surface area contributed by atoms with E-state index in [1.807, 2.05) is 6.07 Å². The molecule has 0 amide bonds.